The molecular formula is C12H18N2O4S. The average Bonchev–Trinajstić information content (AvgIpc) is 2.85. The highest BCUT2D eigenvalue weighted by atomic mass is 32.1. The fourth-order valence-corrected chi connectivity index (χ4v) is 2.45. The Morgan fingerprint density at radius 2 is 2.11 bits per heavy atom. The first-order valence-electron chi connectivity index (χ1n) is 5.90. The lowest BCUT2D eigenvalue weighted by Crippen LogP contribution is -2.44. The Kier molecular flexibility index (Phi) is 5.78. The summed E-state index contributed by atoms with van der Waals surface area (Å²) in [5.41, 5.74) is 0. The number of nitrogens with one attached hydrogen (secondary N) is 2. The number of carboxylic acid groups (broad SMARTS) is 1. The molecule has 0 saturated heterocycles. The maximum Gasteiger partial charge on any atom is 0.334 e. The first kappa shape index (κ1) is 15.5. The van der Waals surface area contributed by atoms with Crippen LogP contribution in [0.4, 0.5) is 4.79 Å². The monoisotopic (exact) mass is 286 g/mol. The molecule has 0 aliphatic carbocycles. The summed E-state index contributed by atoms with van der Waals surface area (Å²) < 4.78 is 0. The molecule has 0 saturated carbocycles. The van der Waals surface area contributed by atoms with E-state index in [-0.39, 0.29) is 18.5 Å². The van der Waals surface area contributed by atoms with Crippen molar-refractivity contribution in [1.82, 2.24) is 10.6 Å². The van der Waals surface area contributed by atoms with Crippen LogP contribution in [0.25, 0.3) is 0 Å². The molecule has 2 unspecified atom stereocenters. The van der Waals surface area contributed by atoms with Crippen molar-refractivity contribution < 1.29 is 19.8 Å². The molecule has 4 N–H and O–H groups in total. The van der Waals surface area contributed by atoms with Gasteiger partial charge in [-0.25, -0.2) is 9.59 Å². The van der Waals surface area contributed by atoms with Gasteiger partial charge < -0.3 is 20.8 Å². The first-order chi connectivity index (χ1) is 8.91. The van der Waals surface area contributed by atoms with E-state index in [1.165, 1.54) is 0 Å². The Morgan fingerprint density at radius 3 is 2.58 bits per heavy atom. The Hall–Kier alpha value is -1.60. The number of thiophene rings is 1. The maximum atomic E-state index is 11.7. The van der Waals surface area contributed by atoms with Crippen molar-refractivity contribution >= 4 is 23.3 Å². The highest BCUT2D eigenvalue weighted by molar-refractivity contribution is 7.10. The molecule has 0 radical (unpaired) electrons. The van der Waals surface area contributed by atoms with Crippen LogP contribution in [0, 0.1) is 5.92 Å². The molecule has 7 heteroatoms. The average molecular weight is 286 g/mol. The Balaban J connectivity index is 2.51. The second-order valence-electron chi connectivity index (χ2n) is 4.45. The second-order valence-corrected chi connectivity index (χ2v) is 5.42. The third-order valence-corrected chi connectivity index (χ3v) is 3.50. The summed E-state index contributed by atoms with van der Waals surface area (Å²) >= 11 is 1.54. The van der Waals surface area contributed by atoms with Crippen molar-refractivity contribution in [1.29, 1.82) is 0 Å². The van der Waals surface area contributed by atoms with Crippen LogP contribution in [0.1, 0.15) is 24.8 Å². The van der Waals surface area contributed by atoms with Crippen molar-refractivity contribution in [3.05, 3.63) is 22.4 Å². The van der Waals surface area contributed by atoms with Crippen LogP contribution in [-0.4, -0.2) is 34.9 Å². The van der Waals surface area contributed by atoms with Crippen molar-refractivity contribution in [2.45, 2.75) is 26.0 Å². The highest BCUT2D eigenvalue weighted by Gasteiger charge is 2.20. The molecule has 0 aliphatic heterocycles. The van der Waals surface area contributed by atoms with Gasteiger partial charge in [-0.15, -0.1) is 11.3 Å². The number of rotatable bonds is 6. The maximum absolute atomic E-state index is 11.7. The number of aliphatic carboxylic acids is 1. The van der Waals surface area contributed by atoms with Crippen LogP contribution in [0.2, 0.25) is 0 Å². The molecule has 0 fully saturated rings. The lowest BCUT2D eigenvalue weighted by Gasteiger charge is -2.21. The van der Waals surface area contributed by atoms with Gasteiger partial charge in [0.25, 0.3) is 0 Å². The summed E-state index contributed by atoms with van der Waals surface area (Å²) in [7, 11) is 0. The molecule has 1 aromatic rings. The second kappa shape index (κ2) is 7.10. The number of amides is 2. The fraction of sp³-hybridized carbons (Fsp3) is 0.500. The van der Waals surface area contributed by atoms with E-state index >= 15 is 0 Å². The molecule has 0 bridgehead atoms. The third kappa shape index (κ3) is 4.88. The number of aliphatic hydroxyl groups excluding tert-OH is 1. The van der Waals surface area contributed by atoms with Gasteiger partial charge in [0.05, 0.1) is 12.6 Å². The number of hydrogen-bond donors (Lipinski definition) is 4. The zero-order valence-corrected chi connectivity index (χ0v) is 11.6. The van der Waals surface area contributed by atoms with Gasteiger partial charge in [0.15, 0.2) is 6.10 Å². The number of urea groups is 1. The lowest BCUT2D eigenvalue weighted by atomic mass is 10.0. The van der Waals surface area contributed by atoms with E-state index in [0.717, 1.165) is 4.88 Å². The summed E-state index contributed by atoms with van der Waals surface area (Å²) in [6, 6.07) is 3.21. The number of hydrogen-bond acceptors (Lipinski definition) is 4. The fourth-order valence-electron chi connectivity index (χ4n) is 1.50. The Labute approximate surface area is 115 Å². The minimum atomic E-state index is -1.59. The van der Waals surface area contributed by atoms with Gasteiger partial charge in [0.1, 0.15) is 0 Å². The van der Waals surface area contributed by atoms with Gasteiger partial charge in [-0.1, -0.05) is 19.9 Å². The van der Waals surface area contributed by atoms with Crippen LogP contribution >= 0.6 is 11.3 Å². The molecule has 19 heavy (non-hydrogen) atoms. The van der Waals surface area contributed by atoms with Crippen molar-refractivity contribution in [2.24, 2.45) is 5.92 Å². The van der Waals surface area contributed by atoms with E-state index in [4.69, 9.17) is 10.2 Å². The zero-order valence-electron chi connectivity index (χ0n) is 10.8. The molecule has 0 aliphatic rings. The highest BCUT2D eigenvalue weighted by Crippen LogP contribution is 2.25. The normalized spacial score (nSPS) is 13.9. The molecule has 106 valence electrons. The standard InChI is InChI=1S/C12H18N2O4S/c1-7(2)10(9-4-3-5-19-9)14-12(18)13-6-8(15)11(16)17/h3-5,7-8,10,15H,6H2,1-2H3,(H,16,17)(H2,13,14,18). The number of carbonyl (C=O) groups excluding carboxylic acids is 1. The minimum Gasteiger partial charge on any atom is -0.479 e. The predicted molar refractivity (Wildman–Crippen MR) is 72.1 cm³/mol. The van der Waals surface area contributed by atoms with E-state index in [1.54, 1.807) is 11.3 Å². The third-order valence-electron chi connectivity index (χ3n) is 2.54. The van der Waals surface area contributed by atoms with E-state index in [1.807, 2.05) is 31.4 Å². The van der Waals surface area contributed by atoms with Gasteiger partial charge >= 0.3 is 12.0 Å². The summed E-state index contributed by atoms with van der Waals surface area (Å²) in [6.07, 6.45) is -1.59. The van der Waals surface area contributed by atoms with Crippen molar-refractivity contribution in [3.63, 3.8) is 0 Å². The molecule has 1 heterocycles. The van der Waals surface area contributed by atoms with E-state index in [9.17, 15) is 9.59 Å². The van der Waals surface area contributed by atoms with Crippen LogP contribution < -0.4 is 10.6 Å². The zero-order chi connectivity index (χ0) is 14.4. The molecule has 0 spiro atoms. The van der Waals surface area contributed by atoms with Crippen molar-refractivity contribution in [3.8, 4) is 0 Å². The van der Waals surface area contributed by atoms with Gasteiger partial charge in [0, 0.05) is 4.88 Å². The molecule has 1 aromatic heterocycles. The molecular weight excluding hydrogens is 268 g/mol. The first-order valence-corrected chi connectivity index (χ1v) is 6.78. The minimum absolute atomic E-state index is 0.137. The van der Waals surface area contributed by atoms with Gasteiger partial charge in [0.2, 0.25) is 0 Å². The molecule has 2 amide bonds. The molecule has 2 atom stereocenters. The van der Waals surface area contributed by atoms with Crippen LogP contribution in [0.3, 0.4) is 0 Å². The van der Waals surface area contributed by atoms with E-state index in [0.29, 0.717) is 0 Å². The van der Waals surface area contributed by atoms with Gasteiger partial charge in [-0.3, -0.25) is 0 Å². The topological polar surface area (TPSA) is 98.7 Å². The van der Waals surface area contributed by atoms with Crippen molar-refractivity contribution in [2.75, 3.05) is 6.54 Å². The smallest absolute Gasteiger partial charge is 0.334 e. The summed E-state index contributed by atoms with van der Waals surface area (Å²) in [5.74, 6) is -1.16. The quantitative estimate of drug-likeness (QED) is 0.631. The number of carbonyl (C=O) groups is 2. The Morgan fingerprint density at radius 1 is 1.42 bits per heavy atom. The largest absolute Gasteiger partial charge is 0.479 e. The van der Waals surface area contributed by atoms with E-state index in [2.05, 4.69) is 10.6 Å². The predicted octanol–water partition coefficient (Wildman–Crippen LogP) is 1.19. The number of aliphatic hydroxyl groups is 1. The molecule has 0 aromatic carbocycles. The van der Waals surface area contributed by atoms with Crippen LogP contribution in [0.5, 0.6) is 0 Å². The molecule has 6 nitrogen and oxygen atoms in total. The number of carboxylic acids is 1. The molecule has 1 rings (SSSR count). The summed E-state index contributed by atoms with van der Waals surface area (Å²) in [6.45, 7) is 3.64. The van der Waals surface area contributed by atoms with Gasteiger partial charge in [-0.05, 0) is 17.4 Å². The van der Waals surface area contributed by atoms with Gasteiger partial charge in [-0.2, -0.15) is 0 Å². The SMILES string of the molecule is CC(C)C(NC(=O)NCC(O)C(=O)O)c1cccs1. The van der Waals surface area contributed by atoms with Crippen LogP contribution in [0.15, 0.2) is 17.5 Å². The van der Waals surface area contributed by atoms with Crippen LogP contribution in [-0.2, 0) is 4.79 Å². The Bertz CT molecular complexity index is 419. The summed E-state index contributed by atoms with van der Waals surface area (Å²) in [4.78, 5) is 23.1. The lowest BCUT2D eigenvalue weighted by molar-refractivity contribution is -0.146. The summed E-state index contributed by atoms with van der Waals surface area (Å²) in [5, 5.41) is 24.6. The van der Waals surface area contributed by atoms with E-state index < -0.39 is 18.1 Å².